The molecule has 0 saturated carbocycles. The zero-order chi connectivity index (χ0) is 6.50. The average Bonchev–Trinajstić information content (AvgIpc) is 1.36. The van der Waals surface area contributed by atoms with Gasteiger partial charge in [-0.1, -0.05) is 0 Å². The van der Waals surface area contributed by atoms with Crippen LogP contribution < -0.4 is 88.7 Å². The Morgan fingerprint density at radius 1 is 0.900 bits per heavy atom. The zero-order valence-corrected chi connectivity index (χ0v) is 13.0. The summed E-state index contributed by atoms with van der Waals surface area (Å²) in [5.74, 6) is 0. The monoisotopic (exact) mass is 204 g/mol. The maximum atomic E-state index is 8.88. The molecule has 0 bridgehead atoms. The molecule has 0 heterocycles. The molecule has 0 atom stereocenters. The summed E-state index contributed by atoms with van der Waals surface area (Å²) in [6, 6.07) is 0. The van der Waals surface area contributed by atoms with E-state index in [9.17, 15) is 0 Å². The summed E-state index contributed by atoms with van der Waals surface area (Å²) in [6.45, 7) is 0. The molecule has 6 nitrogen and oxygen atoms in total. The summed E-state index contributed by atoms with van der Waals surface area (Å²) in [5.41, 5.74) is 0. The molecule has 0 aromatic heterocycles. The molecule has 0 aliphatic carbocycles. The van der Waals surface area contributed by atoms with Crippen molar-refractivity contribution in [3.05, 3.63) is 0 Å². The molecule has 10 heavy (non-hydrogen) atoms. The van der Waals surface area contributed by atoms with Crippen molar-refractivity contribution >= 4 is 7.82 Å². The molecule has 0 aliphatic heterocycles. The molecule has 52 valence electrons. The van der Waals surface area contributed by atoms with E-state index in [2.05, 4.69) is 0 Å². The minimum Gasteiger partial charge on any atom is -1.00 e. The fourth-order valence-corrected chi connectivity index (χ4v) is 0. The molecule has 5 N–H and O–H groups in total. The molecule has 0 radical (unpaired) electrons. The van der Waals surface area contributed by atoms with Gasteiger partial charge in [0, 0.05) is 0 Å². The van der Waals surface area contributed by atoms with Crippen molar-refractivity contribution in [2.24, 2.45) is 0 Å². The molecule has 0 fully saturated rings. The van der Waals surface area contributed by atoms with Crippen LogP contribution in [0.5, 0.6) is 0 Å². The molecule has 0 rings (SSSR count). The zero-order valence-electron chi connectivity index (χ0n) is 9.09. The van der Waals surface area contributed by atoms with Crippen molar-refractivity contribution < 1.29 is 123 Å². The van der Waals surface area contributed by atoms with Crippen LogP contribution in [0.25, 0.3) is 0 Å². The first-order valence-corrected chi connectivity index (χ1v) is 2.55. The van der Waals surface area contributed by atoms with E-state index in [1.165, 1.54) is 0 Å². The maximum absolute atomic E-state index is 8.88. The van der Waals surface area contributed by atoms with Gasteiger partial charge in [0.1, 0.15) is 0 Å². The molecular weight excluding hydrogens is 196 g/mol. The van der Waals surface area contributed by atoms with Crippen LogP contribution >= 0.6 is 7.82 Å². The largest absolute Gasteiger partial charge is 1.00 e. The van der Waals surface area contributed by atoms with E-state index in [4.69, 9.17) is 29.8 Å². The van der Waals surface area contributed by atoms with E-state index >= 15 is 0 Å². The fourth-order valence-electron chi connectivity index (χ4n) is 0. The first-order valence-electron chi connectivity index (χ1n) is 0.983. The van der Waals surface area contributed by atoms with Crippen molar-refractivity contribution in [3.63, 3.8) is 0 Å². The number of phosphoric acid groups is 1. The van der Waals surface area contributed by atoms with Gasteiger partial charge in [-0.3, -0.25) is 10.5 Å². The van der Waals surface area contributed by atoms with Crippen LogP contribution in [-0.4, -0.2) is 25.2 Å². The van der Waals surface area contributed by atoms with Gasteiger partial charge in [-0.2, -0.15) is 0 Å². The van der Waals surface area contributed by atoms with Crippen LogP contribution in [-0.2, 0) is 4.57 Å². The minimum atomic E-state index is -4.64. The summed E-state index contributed by atoms with van der Waals surface area (Å²) in [5, 5.41) is 12.0. The molecule has 0 aromatic carbocycles. The van der Waals surface area contributed by atoms with Crippen LogP contribution in [0.2, 0.25) is 0 Å². The van der Waals surface area contributed by atoms with E-state index in [0.717, 1.165) is 0 Å². The van der Waals surface area contributed by atoms with Gasteiger partial charge in [-0.25, -0.2) is 4.57 Å². The Balaban J connectivity index is -0.00000000492. The van der Waals surface area contributed by atoms with Gasteiger partial charge in [0.05, 0.1) is 0 Å². The van der Waals surface area contributed by atoms with Crippen LogP contribution in [0.15, 0.2) is 0 Å². The van der Waals surface area contributed by atoms with E-state index in [1.807, 2.05) is 0 Å². The van der Waals surface area contributed by atoms with Crippen molar-refractivity contribution in [1.82, 2.24) is 0 Å². The summed E-state index contributed by atoms with van der Waals surface area (Å²) in [4.78, 5) is 21.6. The molecule has 0 aliphatic rings. The fraction of sp³-hybridized carbons (Fsp3) is 0. The van der Waals surface area contributed by atoms with E-state index in [-0.39, 0.29) is 93.0 Å². The van der Waals surface area contributed by atoms with E-state index in [0.29, 0.717) is 0 Å². The van der Waals surface area contributed by atoms with Gasteiger partial charge in [-0.15, -0.1) is 0 Å². The number of hydrogen-bond donors (Lipinski definition) is 5. The second-order valence-electron chi connectivity index (χ2n) is 0.513. The van der Waals surface area contributed by atoms with Crippen LogP contribution in [0.1, 0.15) is 4.28 Å². The molecule has 0 amide bonds. The normalized spacial score (nSPS) is 6.50. The third-order valence-corrected chi connectivity index (χ3v) is 0. The molecule has 10 heteroatoms. The Hall–Kier alpha value is 3.03. The smallest absolute Gasteiger partial charge is 1.00 e. The predicted octanol–water partition coefficient (Wildman–Crippen LogP) is -9.56. The van der Waals surface area contributed by atoms with E-state index in [1.54, 1.807) is 0 Å². The van der Waals surface area contributed by atoms with Gasteiger partial charge in [0.25, 0.3) is 0 Å². The number of rotatable bonds is 0. The second kappa shape index (κ2) is 17.9. The molecular formula is H8Na3O6P. The van der Waals surface area contributed by atoms with Gasteiger partial charge < -0.3 is 19.0 Å². The Morgan fingerprint density at radius 2 is 0.900 bits per heavy atom. The third-order valence-electron chi connectivity index (χ3n) is 0. The van der Waals surface area contributed by atoms with Crippen LogP contribution in [0, 0.1) is 0 Å². The van der Waals surface area contributed by atoms with Crippen molar-refractivity contribution in [2.75, 3.05) is 0 Å². The Morgan fingerprint density at radius 3 is 0.900 bits per heavy atom. The minimum absolute atomic E-state index is 0. The molecule has 0 saturated heterocycles. The maximum Gasteiger partial charge on any atom is 1.00 e. The Bertz CT molecular complexity index is 69.3. The van der Waals surface area contributed by atoms with E-state index < -0.39 is 7.82 Å². The average molecular weight is 204 g/mol. The summed E-state index contributed by atoms with van der Waals surface area (Å²) >= 11 is 0. The molecule has 0 unspecified atom stereocenters. The molecule has 0 spiro atoms. The topological polar surface area (TPSA) is 118 Å². The first-order chi connectivity index (χ1) is 3.00. The standard InChI is InChI=1S/3Na.H3O4P.H2O2.3H/c;;;1-5(2,3)4;1-2;;;/h;;;(H3,1,2,3,4);1-2H;;;/q3*+1;;;3*-1. The van der Waals surface area contributed by atoms with Gasteiger partial charge in [0.15, 0.2) is 0 Å². The van der Waals surface area contributed by atoms with Crippen molar-refractivity contribution in [3.8, 4) is 0 Å². The number of hydrogen-bond acceptors (Lipinski definition) is 3. The SMILES string of the molecule is O=P(O)(O)O.OO.[H-].[H-].[H-].[Na+].[Na+].[Na+]. The molecule has 0 aromatic rings. The van der Waals surface area contributed by atoms with Crippen LogP contribution in [0.4, 0.5) is 0 Å². The summed E-state index contributed by atoms with van der Waals surface area (Å²) < 4.78 is 8.88. The second-order valence-corrected chi connectivity index (χ2v) is 1.54. The quantitative estimate of drug-likeness (QED) is 0.116. The predicted molar refractivity (Wildman–Crippen MR) is 22.9 cm³/mol. The van der Waals surface area contributed by atoms with Gasteiger partial charge in [-0.05, 0) is 0 Å². The van der Waals surface area contributed by atoms with Crippen LogP contribution in [0.3, 0.4) is 0 Å². The van der Waals surface area contributed by atoms with Gasteiger partial charge in [0.2, 0.25) is 0 Å². The summed E-state index contributed by atoms with van der Waals surface area (Å²) in [6.07, 6.45) is 0. The third kappa shape index (κ3) is 121. The van der Waals surface area contributed by atoms with Crippen molar-refractivity contribution in [2.45, 2.75) is 0 Å². The summed E-state index contributed by atoms with van der Waals surface area (Å²) in [7, 11) is -4.64. The van der Waals surface area contributed by atoms with Crippen molar-refractivity contribution in [1.29, 1.82) is 0 Å². The Kier molecular flexibility index (Phi) is 52.5. The van der Waals surface area contributed by atoms with Gasteiger partial charge >= 0.3 is 96.5 Å². The first kappa shape index (κ1) is 29.2. The Labute approximate surface area is 129 Å².